The van der Waals surface area contributed by atoms with Gasteiger partial charge in [0.2, 0.25) is 0 Å². The van der Waals surface area contributed by atoms with Crippen LogP contribution in [0.2, 0.25) is 0 Å². The van der Waals surface area contributed by atoms with Gasteiger partial charge in [0, 0.05) is 0 Å². The van der Waals surface area contributed by atoms with Crippen LogP contribution in [0, 0.1) is 11.8 Å². The molecule has 1 aliphatic rings. The van der Waals surface area contributed by atoms with Crippen molar-refractivity contribution in [1.29, 1.82) is 0 Å². The molecule has 0 amide bonds. The van der Waals surface area contributed by atoms with Crippen LogP contribution >= 0.6 is 0 Å². The molecule has 1 saturated carbocycles. The van der Waals surface area contributed by atoms with Crippen LogP contribution < -0.4 is 0 Å². The zero-order valence-corrected chi connectivity index (χ0v) is 12.7. The number of rotatable bonds is 3. The summed E-state index contributed by atoms with van der Waals surface area (Å²) in [4.78, 5) is 0. The maximum absolute atomic E-state index is 3.88. The van der Waals surface area contributed by atoms with Crippen LogP contribution in [0.3, 0.4) is 0 Å². The van der Waals surface area contributed by atoms with Crippen molar-refractivity contribution in [3.05, 3.63) is 48.6 Å². The molecule has 0 aromatic carbocycles. The average Bonchev–Trinajstić information content (AvgIpc) is 2.37. The molecule has 1 rings (SSSR count). The van der Waals surface area contributed by atoms with Crippen molar-refractivity contribution in [2.24, 2.45) is 11.8 Å². The molecule has 0 heterocycles. The summed E-state index contributed by atoms with van der Waals surface area (Å²) in [5.41, 5.74) is 2.87. The first-order chi connectivity index (χ1) is 8.60. The van der Waals surface area contributed by atoms with Gasteiger partial charge in [-0.2, -0.15) is 0 Å². The van der Waals surface area contributed by atoms with Crippen LogP contribution in [0.25, 0.3) is 0 Å². The summed E-state index contributed by atoms with van der Waals surface area (Å²) >= 11 is 0. The molecule has 0 nitrogen and oxygen atoms in total. The lowest BCUT2D eigenvalue weighted by Gasteiger charge is -2.28. The van der Waals surface area contributed by atoms with E-state index in [-0.39, 0.29) is 0 Å². The van der Waals surface area contributed by atoms with Gasteiger partial charge in [0.15, 0.2) is 0 Å². The van der Waals surface area contributed by atoms with E-state index >= 15 is 0 Å². The van der Waals surface area contributed by atoms with E-state index in [1.54, 1.807) is 6.08 Å². The van der Waals surface area contributed by atoms with E-state index in [0.717, 1.165) is 11.8 Å². The summed E-state index contributed by atoms with van der Waals surface area (Å²) in [6.07, 6.45) is 13.6. The molecule has 1 aliphatic carbocycles. The second-order valence-electron chi connectivity index (χ2n) is 5.21. The molecule has 1 fully saturated rings. The molecule has 0 aliphatic heterocycles. The minimum atomic E-state index is 0.774. The average molecular weight is 246 g/mol. The zero-order chi connectivity index (χ0) is 14.0. The lowest BCUT2D eigenvalue weighted by Crippen LogP contribution is -2.14. The fourth-order valence-electron chi connectivity index (χ4n) is 2.46. The highest BCUT2D eigenvalue weighted by atomic mass is 14.3. The molecule has 0 N–H and O–H groups in total. The molecule has 0 aromatic heterocycles. The topological polar surface area (TPSA) is 0 Å². The summed E-state index contributed by atoms with van der Waals surface area (Å²) in [6.45, 7) is 15.8. The van der Waals surface area contributed by atoms with Gasteiger partial charge in [0.05, 0.1) is 0 Å². The largest absolute Gasteiger partial charge is 0.103 e. The van der Waals surface area contributed by atoms with Crippen LogP contribution in [0.15, 0.2) is 48.6 Å². The standard InChI is InChI=1S/C15H24.C3H6/c1-5-7-15(13(4)6-2)14-10-8-12(3)9-11-14;1-3-2/h5-7,12,14H,2,8-11H2,1,3-4H3;3H,1H2,2H3/b7-5-,15-13+;. The monoisotopic (exact) mass is 246 g/mol. The Morgan fingerprint density at radius 1 is 1.06 bits per heavy atom. The third-order valence-corrected chi connectivity index (χ3v) is 3.56. The van der Waals surface area contributed by atoms with Crippen molar-refractivity contribution in [3.63, 3.8) is 0 Å². The Labute approximate surface area is 114 Å². The van der Waals surface area contributed by atoms with Gasteiger partial charge >= 0.3 is 0 Å². The molecule has 0 spiro atoms. The number of hydrogen-bond donors (Lipinski definition) is 0. The second kappa shape index (κ2) is 9.94. The molecule has 102 valence electrons. The van der Waals surface area contributed by atoms with E-state index in [1.807, 2.05) is 13.0 Å². The van der Waals surface area contributed by atoms with Crippen LogP contribution in [0.1, 0.15) is 53.4 Å². The van der Waals surface area contributed by atoms with Crippen molar-refractivity contribution >= 4 is 0 Å². The van der Waals surface area contributed by atoms with E-state index in [4.69, 9.17) is 0 Å². The molecular formula is C18H30. The Balaban J connectivity index is 0.000000873. The quantitative estimate of drug-likeness (QED) is 0.418. The van der Waals surface area contributed by atoms with Gasteiger partial charge in [-0.25, -0.2) is 0 Å². The Bertz CT molecular complexity index is 296. The molecule has 0 atom stereocenters. The second-order valence-corrected chi connectivity index (χ2v) is 5.21. The highest BCUT2D eigenvalue weighted by Crippen LogP contribution is 2.34. The van der Waals surface area contributed by atoms with Gasteiger partial charge in [-0.05, 0) is 56.6 Å². The highest BCUT2D eigenvalue weighted by molar-refractivity contribution is 5.32. The van der Waals surface area contributed by atoms with E-state index < -0.39 is 0 Å². The first kappa shape index (κ1) is 17.0. The minimum absolute atomic E-state index is 0.774. The Hall–Kier alpha value is -1.04. The van der Waals surface area contributed by atoms with E-state index in [1.165, 1.54) is 36.8 Å². The van der Waals surface area contributed by atoms with Crippen molar-refractivity contribution < 1.29 is 0 Å². The van der Waals surface area contributed by atoms with Crippen LogP contribution in [0.5, 0.6) is 0 Å². The van der Waals surface area contributed by atoms with Gasteiger partial charge in [0.25, 0.3) is 0 Å². The summed E-state index contributed by atoms with van der Waals surface area (Å²) in [5, 5.41) is 0. The minimum Gasteiger partial charge on any atom is -0.103 e. The van der Waals surface area contributed by atoms with Gasteiger partial charge in [0.1, 0.15) is 0 Å². The molecule has 0 bridgehead atoms. The summed E-state index contributed by atoms with van der Waals surface area (Å²) in [7, 11) is 0. The predicted molar refractivity (Wildman–Crippen MR) is 84.7 cm³/mol. The number of hydrogen-bond acceptors (Lipinski definition) is 0. The zero-order valence-electron chi connectivity index (χ0n) is 12.7. The summed E-state index contributed by atoms with van der Waals surface area (Å²) in [5.74, 6) is 1.70. The lowest BCUT2D eigenvalue weighted by molar-refractivity contribution is 0.322. The van der Waals surface area contributed by atoms with Crippen molar-refractivity contribution in [3.8, 4) is 0 Å². The fourth-order valence-corrected chi connectivity index (χ4v) is 2.46. The lowest BCUT2D eigenvalue weighted by atomic mass is 9.78. The third-order valence-electron chi connectivity index (χ3n) is 3.56. The van der Waals surface area contributed by atoms with E-state index in [0.29, 0.717) is 0 Å². The predicted octanol–water partition coefficient (Wildman–Crippen LogP) is 6.08. The van der Waals surface area contributed by atoms with Crippen molar-refractivity contribution in [1.82, 2.24) is 0 Å². The maximum atomic E-state index is 3.88. The van der Waals surface area contributed by atoms with Gasteiger partial charge in [-0.1, -0.05) is 50.6 Å². The molecule has 0 unspecified atom stereocenters. The summed E-state index contributed by atoms with van der Waals surface area (Å²) in [6, 6.07) is 0. The molecule has 0 heteroatoms. The Morgan fingerprint density at radius 3 is 1.94 bits per heavy atom. The van der Waals surface area contributed by atoms with Crippen molar-refractivity contribution in [2.45, 2.75) is 53.4 Å². The van der Waals surface area contributed by atoms with Crippen LogP contribution in [0.4, 0.5) is 0 Å². The molecule has 0 aromatic rings. The molecule has 0 saturated heterocycles. The fraction of sp³-hybridized carbons (Fsp3) is 0.556. The smallest absolute Gasteiger partial charge is 0.0159 e. The van der Waals surface area contributed by atoms with E-state index in [9.17, 15) is 0 Å². The maximum Gasteiger partial charge on any atom is -0.0159 e. The molecular weight excluding hydrogens is 216 g/mol. The molecule has 18 heavy (non-hydrogen) atoms. The SMILES string of the molecule is C=C/C(C)=C(\C=C/C)C1CCC(C)CC1.C=CC. The van der Waals surface area contributed by atoms with Gasteiger partial charge in [-0.15, -0.1) is 6.58 Å². The van der Waals surface area contributed by atoms with Crippen LogP contribution in [-0.4, -0.2) is 0 Å². The van der Waals surface area contributed by atoms with Gasteiger partial charge < -0.3 is 0 Å². The van der Waals surface area contributed by atoms with Crippen LogP contribution in [-0.2, 0) is 0 Å². The Kier molecular flexibility index (Phi) is 9.36. The van der Waals surface area contributed by atoms with Crippen molar-refractivity contribution in [2.75, 3.05) is 0 Å². The number of allylic oxidation sites excluding steroid dienone is 6. The summed E-state index contributed by atoms with van der Waals surface area (Å²) < 4.78 is 0. The van der Waals surface area contributed by atoms with Gasteiger partial charge in [-0.3, -0.25) is 0 Å². The molecule has 0 radical (unpaired) electrons. The third kappa shape index (κ3) is 6.05. The normalized spacial score (nSPS) is 24.9. The first-order valence-corrected chi connectivity index (χ1v) is 7.13. The van der Waals surface area contributed by atoms with E-state index in [2.05, 4.69) is 46.1 Å². The Morgan fingerprint density at radius 2 is 1.56 bits per heavy atom. The first-order valence-electron chi connectivity index (χ1n) is 7.13. The highest BCUT2D eigenvalue weighted by Gasteiger charge is 2.20.